The largest absolute Gasteiger partial charge is 0.444 e. The molecule has 1 aliphatic heterocycles. The number of benzene rings is 1. The van der Waals surface area contributed by atoms with E-state index in [1.165, 1.54) is 6.42 Å². The molecule has 1 saturated heterocycles. The molecule has 2 heterocycles. The van der Waals surface area contributed by atoms with Gasteiger partial charge in [-0.1, -0.05) is 24.6 Å². The maximum atomic E-state index is 6.02. The van der Waals surface area contributed by atoms with Crippen LogP contribution in [0.4, 0.5) is 0 Å². The average molecular weight is 320 g/mol. The van der Waals surface area contributed by atoms with Gasteiger partial charge in [-0.25, -0.2) is 4.98 Å². The second kappa shape index (κ2) is 6.82. The Morgan fingerprint density at radius 3 is 3.09 bits per heavy atom. The van der Waals surface area contributed by atoms with E-state index >= 15 is 0 Å². The summed E-state index contributed by atoms with van der Waals surface area (Å²) >= 11 is 6.02. The van der Waals surface area contributed by atoms with Crippen molar-refractivity contribution in [2.24, 2.45) is 11.7 Å². The minimum atomic E-state index is 0.440. The van der Waals surface area contributed by atoms with Crippen LogP contribution in [0.25, 0.3) is 11.5 Å². The van der Waals surface area contributed by atoms with Crippen molar-refractivity contribution in [2.75, 3.05) is 13.1 Å². The monoisotopic (exact) mass is 319 g/mol. The first-order chi connectivity index (χ1) is 10.7. The molecule has 2 unspecified atom stereocenters. The highest BCUT2D eigenvalue weighted by Crippen LogP contribution is 2.25. The maximum absolute atomic E-state index is 6.02. The van der Waals surface area contributed by atoms with Gasteiger partial charge in [-0.05, 0) is 43.5 Å². The SMILES string of the molecule is CC1CCN(Cc2coc(-c3cccc(Cl)c3)n2)C(CN)C1. The third-order valence-electron chi connectivity index (χ3n) is 4.36. The molecular formula is C17H22ClN3O. The van der Waals surface area contributed by atoms with Crippen molar-refractivity contribution in [3.05, 3.63) is 41.2 Å². The molecular weight excluding hydrogens is 298 g/mol. The lowest BCUT2D eigenvalue weighted by Crippen LogP contribution is -2.45. The van der Waals surface area contributed by atoms with E-state index in [4.69, 9.17) is 21.8 Å². The summed E-state index contributed by atoms with van der Waals surface area (Å²) in [5.41, 5.74) is 7.77. The van der Waals surface area contributed by atoms with E-state index in [-0.39, 0.29) is 0 Å². The Morgan fingerprint density at radius 1 is 1.45 bits per heavy atom. The molecule has 0 saturated carbocycles. The zero-order valence-electron chi connectivity index (χ0n) is 12.8. The van der Waals surface area contributed by atoms with E-state index in [1.54, 1.807) is 6.26 Å². The molecule has 2 atom stereocenters. The topological polar surface area (TPSA) is 55.3 Å². The molecule has 2 aromatic rings. The fraction of sp³-hybridized carbons (Fsp3) is 0.471. The van der Waals surface area contributed by atoms with Crippen LogP contribution in [-0.2, 0) is 6.54 Å². The summed E-state index contributed by atoms with van der Waals surface area (Å²) in [6, 6.07) is 8.00. The number of likely N-dealkylation sites (tertiary alicyclic amines) is 1. The van der Waals surface area contributed by atoms with Gasteiger partial charge in [-0.15, -0.1) is 0 Å². The summed E-state index contributed by atoms with van der Waals surface area (Å²) in [6.07, 6.45) is 4.12. The molecule has 0 aliphatic carbocycles. The molecule has 118 valence electrons. The first-order valence-electron chi connectivity index (χ1n) is 7.80. The predicted octanol–water partition coefficient (Wildman–Crippen LogP) is 3.55. The van der Waals surface area contributed by atoms with E-state index in [0.717, 1.165) is 36.7 Å². The Labute approximate surface area is 136 Å². The van der Waals surface area contributed by atoms with Gasteiger partial charge >= 0.3 is 0 Å². The number of hydrogen-bond donors (Lipinski definition) is 1. The van der Waals surface area contributed by atoms with Gasteiger partial charge in [0.25, 0.3) is 0 Å². The van der Waals surface area contributed by atoms with Crippen LogP contribution in [0, 0.1) is 5.92 Å². The lowest BCUT2D eigenvalue weighted by atomic mass is 9.92. The van der Waals surface area contributed by atoms with Gasteiger partial charge in [0, 0.05) is 29.7 Å². The summed E-state index contributed by atoms with van der Waals surface area (Å²) in [6.45, 7) is 4.86. The van der Waals surface area contributed by atoms with E-state index < -0.39 is 0 Å². The molecule has 1 aliphatic rings. The number of oxazole rings is 1. The Kier molecular flexibility index (Phi) is 4.81. The third kappa shape index (κ3) is 3.51. The summed E-state index contributed by atoms with van der Waals surface area (Å²) in [7, 11) is 0. The van der Waals surface area contributed by atoms with Crippen molar-refractivity contribution in [1.82, 2.24) is 9.88 Å². The Balaban J connectivity index is 1.71. The predicted molar refractivity (Wildman–Crippen MR) is 88.6 cm³/mol. The normalized spacial score (nSPS) is 22.9. The zero-order valence-corrected chi connectivity index (χ0v) is 13.6. The lowest BCUT2D eigenvalue weighted by molar-refractivity contribution is 0.114. The van der Waals surface area contributed by atoms with Crippen molar-refractivity contribution < 1.29 is 4.42 Å². The number of nitrogens with zero attached hydrogens (tertiary/aromatic N) is 2. The molecule has 0 spiro atoms. The molecule has 22 heavy (non-hydrogen) atoms. The highest BCUT2D eigenvalue weighted by molar-refractivity contribution is 6.30. The maximum Gasteiger partial charge on any atom is 0.226 e. The Morgan fingerprint density at radius 2 is 2.32 bits per heavy atom. The van der Waals surface area contributed by atoms with E-state index in [0.29, 0.717) is 23.5 Å². The summed E-state index contributed by atoms with van der Waals surface area (Å²) < 4.78 is 5.61. The van der Waals surface area contributed by atoms with Crippen LogP contribution >= 0.6 is 11.6 Å². The fourth-order valence-corrected chi connectivity index (χ4v) is 3.29. The van der Waals surface area contributed by atoms with Crippen LogP contribution in [-0.4, -0.2) is 29.0 Å². The first kappa shape index (κ1) is 15.5. The Bertz CT molecular complexity index is 628. The van der Waals surface area contributed by atoms with E-state index in [2.05, 4.69) is 16.8 Å². The molecule has 2 N–H and O–H groups in total. The summed E-state index contributed by atoms with van der Waals surface area (Å²) in [5.74, 6) is 1.37. The molecule has 0 bridgehead atoms. The third-order valence-corrected chi connectivity index (χ3v) is 4.60. The second-order valence-electron chi connectivity index (χ2n) is 6.14. The second-order valence-corrected chi connectivity index (χ2v) is 6.58. The van der Waals surface area contributed by atoms with Crippen LogP contribution in [0.2, 0.25) is 5.02 Å². The fourth-order valence-electron chi connectivity index (χ4n) is 3.10. The van der Waals surface area contributed by atoms with Gasteiger partial charge in [0.2, 0.25) is 5.89 Å². The quantitative estimate of drug-likeness (QED) is 0.936. The van der Waals surface area contributed by atoms with Crippen molar-refractivity contribution >= 4 is 11.6 Å². The average Bonchev–Trinajstić information content (AvgIpc) is 2.97. The first-order valence-corrected chi connectivity index (χ1v) is 8.18. The molecule has 0 radical (unpaired) electrons. The standard InChI is InChI=1S/C17H22ClN3O/c1-12-5-6-21(16(7-12)9-19)10-15-11-22-17(20-15)13-3-2-4-14(18)8-13/h2-4,8,11-12,16H,5-7,9-10,19H2,1H3. The van der Waals surface area contributed by atoms with Gasteiger partial charge in [0.1, 0.15) is 6.26 Å². The van der Waals surface area contributed by atoms with Gasteiger partial charge in [0.15, 0.2) is 0 Å². The minimum Gasteiger partial charge on any atom is -0.444 e. The van der Waals surface area contributed by atoms with Crippen LogP contribution in [0.15, 0.2) is 34.9 Å². The van der Waals surface area contributed by atoms with Crippen molar-refractivity contribution in [2.45, 2.75) is 32.4 Å². The molecule has 1 fully saturated rings. The molecule has 1 aromatic heterocycles. The van der Waals surface area contributed by atoms with Gasteiger partial charge in [0.05, 0.1) is 5.69 Å². The number of aromatic nitrogens is 1. The summed E-state index contributed by atoms with van der Waals surface area (Å²) in [4.78, 5) is 7.01. The number of hydrogen-bond acceptors (Lipinski definition) is 4. The Hall–Kier alpha value is -1.36. The highest BCUT2D eigenvalue weighted by Gasteiger charge is 2.26. The van der Waals surface area contributed by atoms with Crippen LogP contribution in [0.5, 0.6) is 0 Å². The van der Waals surface area contributed by atoms with Crippen LogP contribution in [0.1, 0.15) is 25.5 Å². The molecule has 4 nitrogen and oxygen atoms in total. The number of halogens is 1. The minimum absolute atomic E-state index is 0.440. The molecule has 5 heteroatoms. The van der Waals surface area contributed by atoms with Crippen molar-refractivity contribution in [1.29, 1.82) is 0 Å². The lowest BCUT2D eigenvalue weighted by Gasteiger charge is -2.37. The number of piperidine rings is 1. The van der Waals surface area contributed by atoms with E-state index in [9.17, 15) is 0 Å². The smallest absolute Gasteiger partial charge is 0.226 e. The zero-order chi connectivity index (χ0) is 15.5. The van der Waals surface area contributed by atoms with Crippen molar-refractivity contribution in [3.8, 4) is 11.5 Å². The number of nitrogens with two attached hydrogens (primary N) is 1. The van der Waals surface area contributed by atoms with E-state index in [1.807, 2.05) is 24.3 Å². The molecule has 1 aromatic carbocycles. The molecule has 3 rings (SSSR count). The summed E-state index contributed by atoms with van der Waals surface area (Å²) in [5, 5.41) is 0.686. The highest BCUT2D eigenvalue weighted by atomic mass is 35.5. The van der Waals surface area contributed by atoms with Gasteiger partial charge in [-0.2, -0.15) is 0 Å². The van der Waals surface area contributed by atoms with Crippen LogP contribution in [0.3, 0.4) is 0 Å². The van der Waals surface area contributed by atoms with Gasteiger partial charge < -0.3 is 10.2 Å². The number of rotatable bonds is 4. The van der Waals surface area contributed by atoms with Crippen molar-refractivity contribution in [3.63, 3.8) is 0 Å². The van der Waals surface area contributed by atoms with Gasteiger partial charge in [-0.3, -0.25) is 4.90 Å². The van der Waals surface area contributed by atoms with Crippen LogP contribution < -0.4 is 5.73 Å². The molecule has 0 amide bonds.